The molecule has 0 radical (unpaired) electrons. The number of rotatable bonds is 6. The zero-order chi connectivity index (χ0) is 19.6. The first kappa shape index (κ1) is 18.6. The van der Waals surface area contributed by atoms with E-state index in [1.165, 1.54) is 6.33 Å². The summed E-state index contributed by atoms with van der Waals surface area (Å²) in [6.07, 6.45) is 6.43. The molecule has 28 heavy (non-hydrogen) atoms. The number of aromatic nitrogens is 4. The molecule has 142 valence electrons. The van der Waals surface area contributed by atoms with E-state index < -0.39 is 10.0 Å². The van der Waals surface area contributed by atoms with Gasteiger partial charge in [0.25, 0.3) is 10.0 Å². The molecule has 0 spiro atoms. The first-order valence-corrected chi connectivity index (χ1v) is 11.0. The molecule has 3 aromatic heterocycles. The van der Waals surface area contributed by atoms with Gasteiger partial charge >= 0.3 is 0 Å². The fourth-order valence-electron chi connectivity index (χ4n) is 2.28. The molecule has 0 amide bonds. The van der Waals surface area contributed by atoms with Crippen molar-refractivity contribution in [2.45, 2.75) is 4.21 Å². The summed E-state index contributed by atoms with van der Waals surface area (Å²) in [7, 11) is -3.63. The van der Waals surface area contributed by atoms with Crippen LogP contribution in [-0.2, 0) is 10.0 Å². The van der Waals surface area contributed by atoms with Crippen LogP contribution in [-0.4, -0.2) is 27.9 Å². The lowest BCUT2D eigenvalue weighted by molar-refractivity contribution is 0.461. The molecule has 4 aromatic rings. The lowest BCUT2D eigenvalue weighted by atomic mass is 10.3. The van der Waals surface area contributed by atoms with E-state index in [0.717, 1.165) is 15.1 Å². The summed E-state index contributed by atoms with van der Waals surface area (Å²) in [5, 5.41) is 0. The average molecular weight is 478 g/mol. The number of ether oxygens (including phenoxy) is 1. The third-order valence-electron chi connectivity index (χ3n) is 3.54. The van der Waals surface area contributed by atoms with E-state index in [4.69, 9.17) is 4.74 Å². The van der Waals surface area contributed by atoms with Gasteiger partial charge in [-0.3, -0.25) is 9.29 Å². The molecular formula is C17H12BrN5O3S2. The number of nitrogens with one attached hydrogen (secondary N) is 1. The second-order valence-electron chi connectivity index (χ2n) is 5.47. The van der Waals surface area contributed by atoms with Crippen LogP contribution in [0, 0.1) is 0 Å². The molecule has 3 heterocycles. The van der Waals surface area contributed by atoms with Crippen LogP contribution in [0.1, 0.15) is 0 Å². The minimum atomic E-state index is -3.63. The third-order valence-corrected chi connectivity index (χ3v) is 7.04. The number of thiophene rings is 1. The lowest BCUT2D eigenvalue weighted by Crippen LogP contribution is -2.11. The molecule has 0 aliphatic heterocycles. The van der Waals surface area contributed by atoms with Gasteiger partial charge in [-0.2, -0.15) is 0 Å². The average Bonchev–Trinajstić information content (AvgIpc) is 3.35. The number of hydrogen-bond donors (Lipinski definition) is 1. The Bertz CT molecular complexity index is 1190. The highest BCUT2D eigenvalue weighted by atomic mass is 79.9. The van der Waals surface area contributed by atoms with Crippen LogP contribution in [0.4, 0.5) is 5.69 Å². The molecule has 1 N–H and O–H groups in total. The molecule has 0 atom stereocenters. The Morgan fingerprint density at radius 2 is 1.93 bits per heavy atom. The van der Waals surface area contributed by atoms with Crippen LogP contribution < -0.4 is 9.46 Å². The largest absolute Gasteiger partial charge is 0.439 e. The highest BCUT2D eigenvalue weighted by Crippen LogP contribution is 2.28. The van der Waals surface area contributed by atoms with Crippen molar-refractivity contribution < 1.29 is 13.2 Å². The molecule has 4 rings (SSSR count). The molecule has 0 unspecified atom stereocenters. The topological polar surface area (TPSA) is 99.0 Å². The van der Waals surface area contributed by atoms with Crippen LogP contribution in [0.2, 0.25) is 0 Å². The van der Waals surface area contributed by atoms with Crippen molar-refractivity contribution in [3.63, 3.8) is 0 Å². The molecular weight excluding hydrogens is 466 g/mol. The zero-order valence-electron chi connectivity index (χ0n) is 14.1. The molecule has 0 aliphatic carbocycles. The summed E-state index contributed by atoms with van der Waals surface area (Å²) in [5.74, 6) is 1.49. The first-order valence-electron chi connectivity index (χ1n) is 7.86. The quantitative estimate of drug-likeness (QED) is 0.449. The van der Waals surface area contributed by atoms with Gasteiger partial charge in [0.15, 0.2) is 0 Å². The third kappa shape index (κ3) is 4.21. The number of sulfonamides is 1. The van der Waals surface area contributed by atoms with Gasteiger partial charge < -0.3 is 4.74 Å². The maximum Gasteiger partial charge on any atom is 0.271 e. The first-order chi connectivity index (χ1) is 13.5. The van der Waals surface area contributed by atoms with Crippen LogP contribution in [0.15, 0.2) is 75.5 Å². The van der Waals surface area contributed by atoms with Gasteiger partial charge in [-0.05, 0) is 52.3 Å². The van der Waals surface area contributed by atoms with E-state index in [2.05, 4.69) is 35.6 Å². The molecule has 8 nitrogen and oxygen atoms in total. The normalized spacial score (nSPS) is 11.3. The minimum absolute atomic E-state index is 0.229. The highest BCUT2D eigenvalue weighted by Gasteiger charge is 2.16. The number of benzene rings is 1. The van der Waals surface area contributed by atoms with Crippen molar-refractivity contribution in [2.75, 3.05) is 4.72 Å². The van der Waals surface area contributed by atoms with E-state index in [-0.39, 0.29) is 4.21 Å². The number of halogens is 1. The Morgan fingerprint density at radius 1 is 1.11 bits per heavy atom. The van der Waals surface area contributed by atoms with E-state index in [0.29, 0.717) is 23.1 Å². The van der Waals surface area contributed by atoms with Gasteiger partial charge in [0, 0.05) is 24.1 Å². The summed E-state index contributed by atoms with van der Waals surface area (Å²) in [4.78, 5) is 12.2. The Labute approximate surface area is 173 Å². The van der Waals surface area contributed by atoms with E-state index >= 15 is 0 Å². The van der Waals surface area contributed by atoms with Gasteiger partial charge in [-0.25, -0.2) is 23.4 Å². The van der Waals surface area contributed by atoms with Gasteiger partial charge in [0.05, 0.1) is 3.79 Å². The van der Waals surface area contributed by atoms with E-state index in [1.807, 2.05) is 0 Å². The van der Waals surface area contributed by atoms with Crippen molar-refractivity contribution >= 4 is 43.0 Å². The maximum atomic E-state index is 12.4. The van der Waals surface area contributed by atoms with Crippen LogP contribution in [0.5, 0.6) is 11.6 Å². The summed E-state index contributed by atoms with van der Waals surface area (Å²) < 4.78 is 35.7. The van der Waals surface area contributed by atoms with Gasteiger partial charge in [-0.15, -0.1) is 11.3 Å². The summed E-state index contributed by atoms with van der Waals surface area (Å²) in [5.41, 5.74) is 0.429. The SMILES string of the molecule is O=S(=O)(Nc1ccc(Oc2cc(-n3ccnc3)ncn2)cc1)c1ccc(Br)s1. The standard InChI is InChI=1S/C17H12BrN5O3S2/c18-14-5-6-17(27-14)28(24,25)22-12-1-3-13(4-2-12)26-16-9-15(20-10-21-16)23-8-7-19-11-23/h1-11,22H. The van der Waals surface area contributed by atoms with Gasteiger partial charge in [0.2, 0.25) is 5.88 Å². The number of imidazole rings is 1. The van der Waals surface area contributed by atoms with Crippen LogP contribution in [0.3, 0.4) is 0 Å². The molecule has 0 fully saturated rings. The van der Waals surface area contributed by atoms with Crippen molar-refractivity contribution in [2.24, 2.45) is 0 Å². The van der Waals surface area contributed by atoms with E-state index in [9.17, 15) is 8.42 Å². The predicted octanol–water partition coefficient (Wildman–Crippen LogP) is 4.08. The second-order valence-corrected chi connectivity index (χ2v) is 9.85. The predicted molar refractivity (Wildman–Crippen MR) is 108 cm³/mol. The summed E-state index contributed by atoms with van der Waals surface area (Å²) in [6, 6.07) is 11.5. The lowest BCUT2D eigenvalue weighted by Gasteiger charge is -2.09. The number of anilines is 1. The Balaban J connectivity index is 1.47. The fourth-order valence-corrected chi connectivity index (χ4v) is 5.35. The van der Waals surface area contributed by atoms with Crippen molar-refractivity contribution in [3.05, 3.63) is 71.3 Å². The summed E-state index contributed by atoms with van der Waals surface area (Å²) >= 11 is 4.40. The van der Waals surface area contributed by atoms with Gasteiger partial charge in [-0.1, -0.05) is 0 Å². The van der Waals surface area contributed by atoms with Crippen LogP contribution >= 0.6 is 27.3 Å². The summed E-state index contributed by atoms with van der Waals surface area (Å²) in [6.45, 7) is 0. The molecule has 0 bridgehead atoms. The van der Waals surface area contributed by atoms with Crippen LogP contribution in [0.25, 0.3) is 5.82 Å². The van der Waals surface area contributed by atoms with Crippen molar-refractivity contribution in [1.82, 2.24) is 19.5 Å². The smallest absolute Gasteiger partial charge is 0.271 e. The minimum Gasteiger partial charge on any atom is -0.439 e. The van der Waals surface area contributed by atoms with Crippen molar-refractivity contribution in [1.29, 1.82) is 0 Å². The maximum absolute atomic E-state index is 12.4. The molecule has 1 aromatic carbocycles. The number of hydrogen-bond acceptors (Lipinski definition) is 7. The Kier molecular flexibility index (Phi) is 5.11. The molecule has 0 saturated heterocycles. The molecule has 0 aliphatic rings. The fraction of sp³-hybridized carbons (Fsp3) is 0. The second kappa shape index (κ2) is 7.70. The highest BCUT2D eigenvalue weighted by molar-refractivity contribution is 9.11. The molecule has 11 heteroatoms. The van der Waals surface area contributed by atoms with E-state index in [1.54, 1.807) is 65.8 Å². The monoisotopic (exact) mass is 477 g/mol. The zero-order valence-corrected chi connectivity index (χ0v) is 17.3. The molecule has 0 saturated carbocycles. The Morgan fingerprint density at radius 3 is 2.61 bits per heavy atom. The Hall–Kier alpha value is -2.76. The van der Waals surface area contributed by atoms with Crippen molar-refractivity contribution in [3.8, 4) is 17.4 Å². The number of nitrogens with zero attached hydrogens (tertiary/aromatic N) is 4. The van der Waals surface area contributed by atoms with Gasteiger partial charge in [0.1, 0.15) is 28.4 Å².